The van der Waals surface area contributed by atoms with Gasteiger partial charge in [-0.05, 0) is 18.2 Å². The highest BCUT2D eigenvalue weighted by Crippen LogP contribution is 2.29. The van der Waals surface area contributed by atoms with Gasteiger partial charge in [-0.2, -0.15) is 13.5 Å². The highest BCUT2D eigenvalue weighted by Gasteiger charge is 2.16. The van der Waals surface area contributed by atoms with Crippen LogP contribution in [0.4, 0.5) is 0 Å². The van der Waals surface area contributed by atoms with Gasteiger partial charge in [0.05, 0.1) is 25.3 Å². The first kappa shape index (κ1) is 15.8. The van der Waals surface area contributed by atoms with Crippen LogP contribution >= 0.6 is 0 Å². The first-order chi connectivity index (χ1) is 10.6. The van der Waals surface area contributed by atoms with Crippen molar-refractivity contribution < 1.29 is 17.9 Å². The van der Waals surface area contributed by atoms with E-state index < -0.39 is 10.0 Å². The predicted molar refractivity (Wildman–Crippen MR) is 81.7 cm³/mol. The minimum Gasteiger partial charge on any atom is -0.493 e. The Morgan fingerprint density at radius 3 is 2.59 bits per heavy atom. The zero-order valence-corrected chi connectivity index (χ0v) is 12.9. The number of methoxy groups -OCH3 is 2. The van der Waals surface area contributed by atoms with Crippen molar-refractivity contribution in [3.8, 4) is 11.5 Å². The Morgan fingerprint density at radius 1 is 1.18 bits per heavy atom. The summed E-state index contributed by atoms with van der Waals surface area (Å²) in [4.78, 5) is 6.05. The number of rotatable bonds is 6. The lowest BCUT2D eigenvalue weighted by molar-refractivity contribution is 0.354. The Kier molecular flexibility index (Phi) is 4.95. The number of sulfonamides is 1. The van der Waals surface area contributed by atoms with E-state index in [1.807, 2.05) is 0 Å². The fourth-order valence-corrected chi connectivity index (χ4v) is 2.47. The number of ether oxygens (including phenoxy) is 2. The second-order valence-corrected chi connectivity index (χ2v) is 5.82. The fourth-order valence-electron chi connectivity index (χ4n) is 1.66. The van der Waals surface area contributed by atoms with Gasteiger partial charge in [0.15, 0.2) is 11.5 Å². The molecule has 0 fully saturated rings. The van der Waals surface area contributed by atoms with E-state index in [1.54, 1.807) is 24.5 Å². The van der Waals surface area contributed by atoms with Crippen LogP contribution in [0.3, 0.4) is 0 Å². The molecule has 0 saturated carbocycles. The van der Waals surface area contributed by atoms with Crippen molar-refractivity contribution in [2.45, 2.75) is 4.90 Å². The largest absolute Gasteiger partial charge is 0.493 e. The minimum atomic E-state index is -3.79. The van der Waals surface area contributed by atoms with E-state index in [4.69, 9.17) is 9.47 Å². The zero-order chi connectivity index (χ0) is 16.0. The van der Waals surface area contributed by atoms with Crippen molar-refractivity contribution in [1.29, 1.82) is 0 Å². The molecule has 1 aromatic carbocycles. The zero-order valence-electron chi connectivity index (χ0n) is 12.1. The predicted octanol–water partition coefficient (Wildman–Crippen LogP) is 1.41. The third kappa shape index (κ3) is 3.73. The molecular weight excluding hydrogens is 306 g/mol. The maximum atomic E-state index is 12.2. The minimum absolute atomic E-state index is 0.0217. The second-order valence-electron chi connectivity index (χ2n) is 4.16. The molecule has 0 atom stereocenters. The maximum Gasteiger partial charge on any atom is 0.276 e. The molecule has 8 heteroatoms. The van der Waals surface area contributed by atoms with Gasteiger partial charge in [-0.25, -0.2) is 4.83 Å². The van der Waals surface area contributed by atoms with Crippen LogP contribution in [-0.4, -0.2) is 33.8 Å². The Balaban J connectivity index is 2.18. The lowest BCUT2D eigenvalue weighted by Crippen LogP contribution is -2.18. The van der Waals surface area contributed by atoms with Crippen LogP contribution in [0.25, 0.3) is 0 Å². The van der Waals surface area contributed by atoms with Crippen molar-refractivity contribution >= 4 is 16.2 Å². The average molecular weight is 321 g/mol. The Labute approximate surface area is 128 Å². The molecule has 0 unspecified atom stereocenters. The molecule has 1 aromatic heterocycles. The van der Waals surface area contributed by atoms with E-state index in [9.17, 15) is 8.42 Å². The first-order valence-corrected chi connectivity index (χ1v) is 7.72. The van der Waals surface area contributed by atoms with Gasteiger partial charge in [0.2, 0.25) is 0 Å². The maximum absolute atomic E-state index is 12.2. The third-order valence-electron chi connectivity index (χ3n) is 2.74. The molecule has 2 rings (SSSR count). The number of hydrazone groups is 1. The Bertz CT molecular complexity index is 761. The summed E-state index contributed by atoms with van der Waals surface area (Å²) >= 11 is 0. The summed E-state index contributed by atoms with van der Waals surface area (Å²) in [7, 11) is -0.884. The first-order valence-electron chi connectivity index (χ1n) is 6.24. The SMILES string of the molecule is COc1ccc(S(=O)(=O)N/N=C/c2cccnc2)cc1OC. The molecule has 0 amide bonds. The highest BCUT2D eigenvalue weighted by molar-refractivity contribution is 7.89. The monoisotopic (exact) mass is 321 g/mol. The van der Waals surface area contributed by atoms with Crippen molar-refractivity contribution in [2.24, 2.45) is 5.10 Å². The molecule has 0 saturated heterocycles. The van der Waals surface area contributed by atoms with Gasteiger partial charge in [-0.1, -0.05) is 6.07 Å². The third-order valence-corrected chi connectivity index (χ3v) is 3.96. The molecule has 1 heterocycles. The standard InChI is InChI=1S/C14H15N3O4S/c1-20-13-6-5-12(8-14(13)21-2)22(18,19)17-16-10-11-4-3-7-15-9-11/h3-10,17H,1-2H3/b16-10+. The second kappa shape index (κ2) is 6.90. The van der Waals surface area contributed by atoms with Crippen molar-refractivity contribution in [3.05, 3.63) is 48.3 Å². The summed E-state index contributed by atoms with van der Waals surface area (Å²) in [6.07, 6.45) is 4.55. The van der Waals surface area contributed by atoms with E-state index in [0.717, 1.165) is 0 Å². The molecular formula is C14H15N3O4S. The van der Waals surface area contributed by atoms with Crippen LogP contribution in [0.2, 0.25) is 0 Å². The summed E-state index contributed by atoms with van der Waals surface area (Å²) in [6, 6.07) is 7.76. The smallest absolute Gasteiger partial charge is 0.276 e. The number of aromatic nitrogens is 1. The fraction of sp³-hybridized carbons (Fsp3) is 0.143. The van der Waals surface area contributed by atoms with Gasteiger partial charge >= 0.3 is 0 Å². The van der Waals surface area contributed by atoms with Gasteiger partial charge in [0.1, 0.15) is 0 Å². The summed E-state index contributed by atoms with van der Waals surface area (Å²) < 4.78 is 34.5. The summed E-state index contributed by atoms with van der Waals surface area (Å²) in [6.45, 7) is 0. The van der Waals surface area contributed by atoms with Crippen molar-refractivity contribution in [1.82, 2.24) is 9.82 Å². The van der Waals surface area contributed by atoms with Gasteiger partial charge in [-0.15, -0.1) is 0 Å². The molecule has 0 radical (unpaired) electrons. The highest BCUT2D eigenvalue weighted by atomic mass is 32.2. The van der Waals surface area contributed by atoms with E-state index in [1.165, 1.54) is 38.6 Å². The van der Waals surface area contributed by atoms with Gasteiger partial charge in [0.25, 0.3) is 10.0 Å². The van der Waals surface area contributed by atoms with E-state index in [2.05, 4.69) is 14.9 Å². The molecule has 0 aliphatic rings. The van der Waals surface area contributed by atoms with Crippen LogP contribution in [-0.2, 0) is 10.0 Å². The summed E-state index contributed by atoms with van der Waals surface area (Å²) in [5.41, 5.74) is 0.678. The normalized spacial score (nSPS) is 11.4. The average Bonchev–Trinajstić information content (AvgIpc) is 2.55. The quantitative estimate of drug-likeness (QED) is 0.642. The molecule has 0 spiro atoms. The molecule has 0 aliphatic carbocycles. The molecule has 1 N–H and O–H groups in total. The number of nitrogens with one attached hydrogen (secondary N) is 1. The molecule has 0 aliphatic heterocycles. The topological polar surface area (TPSA) is 89.9 Å². The molecule has 7 nitrogen and oxygen atoms in total. The number of nitrogens with zero attached hydrogens (tertiary/aromatic N) is 2. The Hall–Kier alpha value is -2.61. The van der Waals surface area contributed by atoms with Crippen LogP contribution in [0.5, 0.6) is 11.5 Å². The van der Waals surface area contributed by atoms with E-state index in [-0.39, 0.29) is 4.90 Å². The van der Waals surface area contributed by atoms with Crippen molar-refractivity contribution in [2.75, 3.05) is 14.2 Å². The number of hydrogen-bond acceptors (Lipinski definition) is 6. The molecule has 2 aromatic rings. The van der Waals surface area contributed by atoms with Gasteiger partial charge in [-0.3, -0.25) is 4.98 Å². The molecule has 22 heavy (non-hydrogen) atoms. The van der Waals surface area contributed by atoms with Gasteiger partial charge < -0.3 is 9.47 Å². The lowest BCUT2D eigenvalue weighted by atomic mass is 10.3. The van der Waals surface area contributed by atoms with Crippen LogP contribution in [0.1, 0.15) is 5.56 Å². The van der Waals surface area contributed by atoms with Crippen molar-refractivity contribution in [3.63, 3.8) is 0 Å². The summed E-state index contributed by atoms with van der Waals surface area (Å²) in [5, 5.41) is 3.71. The van der Waals surface area contributed by atoms with Crippen LogP contribution in [0.15, 0.2) is 52.7 Å². The van der Waals surface area contributed by atoms with E-state index in [0.29, 0.717) is 17.1 Å². The Morgan fingerprint density at radius 2 is 1.95 bits per heavy atom. The number of benzene rings is 1. The lowest BCUT2D eigenvalue weighted by Gasteiger charge is -2.09. The molecule has 0 bridgehead atoms. The van der Waals surface area contributed by atoms with Crippen LogP contribution < -0.4 is 14.3 Å². The van der Waals surface area contributed by atoms with Gasteiger partial charge in [0, 0.05) is 24.0 Å². The number of pyridine rings is 1. The van der Waals surface area contributed by atoms with E-state index >= 15 is 0 Å². The van der Waals surface area contributed by atoms with Crippen LogP contribution in [0, 0.1) is 0 Å². The number of hydrogen-bond donors (Lipinski definition) is 1. The molecule has 116 valence electrons. The summed E-state index contributed by atoms with van der Waals surface area (Å²) in [5.74, 6) is 0.766.